The summed E-state index contributed by atoms with van der Waals surface area (Å²) in [6, 6.07) is 12.0. The van der Waals surface area contributed by atoms with E-state index in [0.717, 1.165) is 11.1 Å². The van der Waals surface area contributed by atoms with E-state index in [1.807, 2.05) is 6.07 Å². The summed E-state index contributed by atoms with van der Waals surface area (Å²) < 4.78 is 31.9. The Morgan fingerprint density at radius 2 is 1.73 bits per heavy atom. The molecule has 0 aliphatic carbocycles. The molecule has 1 aliphatic heterocycles. The Bertz CT molecular complexity index is 975. The zero-order valence-electron chi connectivity index (χ0n) is 16.4. The molecule has 0 bridgehead atoms. The number of rotatable bonds is 8. The van der Waals surface area contributed by atoms with Gasteiger partial charge in [0.1, 0.15) is 0 Å². The minimum atomic E-state index is -3.50. The standard InChI is InChI=1S/C21H24Cl2N2O4S/c22-18-5-4-17(20(23)15-18)9-10-24-21(26)8-3-16-1-6-19(7-2-16)30(27,28)25-11-13-29-14-12-25/h1-2,4-7,15H,3,8-14H2,(H,24,26). The molecule has 30 heavy (non-hydrogen) atoms. The number of carbonyl (C=O) groups is 1. The van der Waals surface area contributed by atoms with E-state index in [2.05, 4.69) is 5.32 Å². The normalized spacial score (nSPS) is 15.1. The highest BCUT2D eigenvalue weighted by Gasteiger charge is 2.26. The van der Waals surface area contributed by atoms with E-state index >= 15 is 0 Å². The van der Waals surface area contributed by atoms with Crippen LogP contribution in [0.25, 0.3) is 0 Å². The van der Waals surface area contributed by atoms with Crippen LogP contribution in [0.1, 0.15) is 17.5 Å². The van der Waals surface area contributed by atoms with Gasteiger partial charge < -0.3 is 10.1 Å². The minimum absolute atomic E-state index is 0.0647. The molecule has 162 valence electrons. The molecule has 0 saturated carbocycles. The van der Waals surface area contributed by atoms with Gasteiger partial charge in [0.05, 0.1) is 18.1 Å². The van der Waals surface area contributed by atoms with E-state index in [-0.39, 0.29) is 10.8 Å². The average molecular weight is 471 g/mol. The fourth-order valence-corrected chi connectivity index (χ4v) is 5.08. The molecule has 1 heterocycles. The Hall–Kier alpha value is -1.64. The molecule has 1 aliphatic rings. The first-order valence-corrected chi connectivity index (χ1v) is 11.9. The summed E-state index contributed by atoms with van der Waals surface area (Å²) in [5.74, 6) is -0.0647. The number of hydrogen-bond acceptors (Lipinski definition) is 4. The second-order valence-corrected chi connectivity index (χ2v) is 9.78. The molecule has 0 radical (unpaired) electrons. The molecule has 0 unspecified atom stereocenters. The number of morpholine rings is 1. The third-order valence-corrected chi connectivity index (χ3v) is 7.40. The van der Waals surface area contributed by atoms with Gasteiger partial charge in [-0.15, -0.1) is 0 Å². The highest BCUT2D eigenvalue weighted by atomic mass is 35.5. The zero-order valence-corrected chi connectivity index (χ0v) is 18.8. The number of halogens is 2. The lowest BCUT2D eigenvalue weighted by atomic mass is 10.1. The highest BCUT2D eigenvalue weighted by Crippen LogP contribution is 2.21. The molecule has 9 heteroatoms. The van der Waals surface area contributed by atoms with Crippen molar-refractivity contribution >= 4 is 39.1 Å². The molecule has 1 amide bonds. The Morgan fingerprint density at radius 3 is 2.40 bits per heavy atom. The third kappa shape index (κ3) is 6.18. The van der Waals surface area contributed by atoms with Crippen molar-refractivity contribution in [3.05, 3.63) is 63.6 Å². The topological polar surface area (TPSA) is 75.7 Å². The number of ether oxygens (including phenoxy) is 1. The van der Waals surface area contributed by atoms with E-state index < -0.39 is 10.0 Å². The van der Waals surface area contributed by atoms with Crippen molar-refractivity contribution in [2.75, 3.05) is 32.8 Å². The van der Waals surface area contributed by atoms with Gasteiger partial charge in [-0.3, -0.25) is 4.79 Å². The predicted molar refractivity (Wildman–Crippen MR) is 118 cm³/mol. The van der Waals surface area contributed by atoms with Crippen LogP contribution in [0.5, 0.6) is 0 Å². The molecule has 0 atom stereocenters. The van der Waals surface area contributed by atoms with E-state index in [0.29, 0.717) is 62.2 Å². The van der Waals surface area contributed by atoms with Crippen molar-refractivity contribution in [3.8, 4) is 0 Å². The Labute approximate surface area is 187 Å². The summed E-state index contributed by atoms with van der Waals surface area (Å²) in [6.45, 7) is 2.04. The van der Waals surface area contributed by atoms with E-state index in [1.54, 1.807) is 36.4 Å². The number of aryl methyl sites for hydroxylation is 1. The summed E-state index contributed by atoms with van der Waals surface area (Å²) in [7, 11) is -3.50. The van der Waals surface area contributed by atoms with Gasteiger partial charge in [-0.1, -0.05) is 41.4 Å². The van der Waals surface area contributed by atoms with Gasteiger partial charge in [0, 0.05) is 36.1 Å². The van der Waals surface area contributed by atoms with Crippen molar-refractivity contribution in [2.24, 2.45) is 0 Å². The van der Waals surface area contributed by atoms with Crippen LogP contribution < -0.4 is 5.32 Å². The van der Waals surface area contributed by atoms with Gasteiger partial charge in [-0.2, -0.15) is 4.31 Å². The smallest absolute Gasteiger partial charge is 0.243 e. The lowest BCUT2D eigenvalue weighted by Gasteiger charge is -2.26. The van der Waals surface area contributed by atoms with Crippen molar-refractivity contribution < 1.29 is 17.9 Å². The zero-order chi connectivity index (χ0) is 21.6. The highest BCUT2D eigenvalue weighted by molar-refractivity contribution is 7.89. The number of amides is 1. The van der Waals surface area contributed by atoms with Gasteiger partial charge in [-0.05, 0) is 48.2 Å². The Morgan fingerprint density at radius 1 is 1.03 bits per heavy atom. The van der Waals surface area contributed by atoms with Gasteiger partial charge >= 0.3 is 0 Å². The molecule has 6 nitrogen and oxygen atoms in total. The van der Waals surface area contributed by atoms with Gasteiger partial charge in [0.25, 0.3) is 0 Å². The van der Waals surface area contributed by atoms with Crippen LogP contribution >= 0.6 is 23.2 Å². The summed E-state index contributed by atoms with van der Waals surface area (Å²) in [6.07, 6.45) is 1.48. The van der Waals surface area contributed by atoms with Gasteiger partial charge in [-0.25, -0.2) is 8.42 Å². The first-order valence-electron chi connectivity index (χ1n) is 9.74. The number of hydrogen-bond donors (Lipinski definition) is 1. The van der Waals surface area contributed by atoms with Crippen LogP contribution in [0, 0.1) is 0 Å². The number of carbonyl (C=O) groups excluding carboxylic acids is 1. The van der Waals surface area contributed by atoms with Crippen molar-refractivity contribution in [1.29, 1.82) is 0 Å². The van der Waals surface area contributed by atoms with Crippen LogP contribution in [-0.2, 0) is 32.4 Å². The summed E-state index contributed by atoms with van der Waals surface area (Å²) in [5.41, 5.74) is 1.84. The van der Waals surface area contributed by atoms with Crippen LogP contribution in [0.3, 0.4) is 0 Å². The van der Waals surface area contributed by atoms with E-state index in [1.165, 1.54) is 4.31 Å². The second-order valence-electron chi connectivity index (χ2n) is 7.00. The maximum Gasteiger partial charge on any atom is 0.243 e. The molecule has 1 N–H and O–H groups in total. The molecule has 2 aromatic carbocycles. The fourth-order valence-electron chi connectivity index (χ4n) is 3.17. The number of nitrogens with zero attached hydrogens (tertiary/aromatic N) is 1. The first kappa shape index (κ1) is 23.0. The maximum atomic E-state index is 12.6. The van der Waals surface area contributed by atoms with Gasteiger partial charge in [0.2, 0.25) is 15.9 Å². The average Bonchev–Trinajstić information content (AvgIpc) is 2.75. The molecule has 0 spiro atoms. The van der Waals surface area contributed by atoms with Gasteiger partial charge in [0.15, 0.2) is 0 Å². The Kier molecular flexibility index (Phi) is 8.13. The molecule has 2 aromatic rings. The molecule has 3 rings (SSSR count). The van der Waals surface area contributed by atoms with E-state index in [4.69, 9.17) is 27.9 Å². The molecule has 1 saturated heterocycles. The largest absolute Gasteiger partial charge is 0.379 e. The molecule has 0 aromatic heterocycles. The fraction of sp³-hybridized carbons (Fsp3) is 0.381. The van der Waals surface area contributed by atoms with Crippen LogP contribution in [0.15, 0.2) is 47.4 Å². The first-order chi connectivity index (χ1) is 14.4. The van der Waals surface area contributed by atoms with Crippen molar-refractivity contribution in [1.82, 2.24) is 9.62 Å². The van der Waals surface area contributed by atoms with Crippen LogP contribution in [0.4, 0.5) is 0 Å². The summed E-state index contributed by atoms with van der Waals surface area (Å²) >= 11 is 12.0. The van der Waals surface area contributed by atoms with Crippen LogP contribution in [0.2, 0.25) is 10.0 Å². The SMILES string of the molecule is O=C(CCc1ccc(S(=O)(=O)N2CCOCC2)cc1)NCCc1ccc(Cl)cc1Cl. The maximum absolute atomic E-state index is 12.6. The number of sulfonamides is 1. The summed E-state index contributed by atoms with van der Waals surface area (Å²) in [4.78, 5) is 12.4. The molecule has 1 fully saturated rings. The minimum Gasteiger partial charge on any atom is -0.379 e. The summed E-state index contributed by atoms with van der Waals surface area (Å²) in [5, 5.41) is 4.04. The Balaban J connectivity index is 1.45. The van der Waals surface area contributed by atoms with E-state index in [9.17, 15) is 13.2 Å². The van der Waals surface area contributed by atoms with Crippen molar-refractivity contribution in [3.63, 3.8) is 0 Å². The van der Waals surface area contributed by atoms with Crippen molar-refractivity contribution in [2.45, 2.75) is 24.2 Å². The monoisotopic (exact) mass is 470 g/mol. The van der Waals surface area contributed by atoms with Crippen LogP contribution in [-0.4, -0.2) is 51.5 Å². The predicted octanol–water partition coefficient (Wildman–Crippen LogP) is 3.31. The molecular formula is C21H24Cl2N2O4S. The second kappa shape index (κ2) is 10.6. The lowest BCUT2D eigenvalue weighted by Crippen LogP contribution is -2.40. The molecular weight excluding hydrogens is 447 g/mol. The number of nitrogens with one attached hydrogen (secondary N) is 1. The number of benzene rings is 2. The lowest BCUT2D eigenvalue weighted by molar-refractivity contribution is -0.121. The quantitative estimate of drug-likeness (QED) is 0.641. The third-order valence-electron chi connectivity index (χ3n) is 4.90.